The van der Waals surface area contributed by atoms with Gasteiger partial charge in [-0.25, -0.2) is 0 Å². The second-order valence-electron chi connectivity index (χ2n) is 6.00. The van der Waals surface area contributed by atoms with Gasteiger partial charge in [-0.05, 0) is 43.7 Å². The second-order valence-corrected chi connectivity index (χ2v) is 7.02. The molecule has 1 heterocycles. The normalized spacial score (nSPS) is 10.8. The van der Waals surface area contributed by atoms with E-state index in [4.69, 9.17) is 4.74 Å². The van der Waals surface area contributed by atoms with Crippen LogP contribution in [0, 0.1) is 0 Å². The maximum Gasteiger partial charge on any atom is 0.234 e. The summed E-state index contributed by atoms with van der Waals surface area (Å²) in [5.41, 5.74) is 2.01. The van der Waals surface area contributed by atoms with Crippen molar-refractivity contribution >= 4 is 34.3 Å². The molecule has 5 heteroatoms. The Morgan fingerprint density at radius 3 is 2.62 bits per heavy atom. The highest BCUT2D eigenvalue weighted by Gasteiger charge is 2.10. The van der Waals surface area contributed by atoms with E-state index in [1.807, 2.05) is 37.3 Å². The van der Waals surface area contributed by atoms with Gasteiger partial charge in [0.05, 0.1) is 12.4 Å². The molecule has 0 saturated heterocycles. The fraction of sp³-hybridized carbons (Fsp3) is 0.286. The SMILES string of the molecule is CCCn1cc(SCC(=O)Nc2ccc(OCC)cc2)c2ccccc21. The number of hydrogen-bond donors (Lipinski definition) is 1. The molecule has 0 saturated carbocycles. The number of para-hydroxylation sites is 1. The van der Waals surface area contributed by atoms with Crippen molar-refractivity contribution in [3.05, 3.63) is 54.7 Å². The number of rotatable bonds is 8. The fourth-order valence-corrected chi connectivity index (χ4v) is 3.78. The lowest BCUT2D eigenvalue weighted by Crippen LogP contribution is -2.13. The molecule has 3 aromatic rings. The van der Waals surface area contributed by atoms with Gasteiger partial charge in [0.25, 0.3) is 0 Å². The Kier molecular flexibility index (Phi) is 6.23. The minimum absolute atomic E-state index is 0.00789. The van der Waals surface area contributed by atoms with Gasteiger partial charge >= 0.3 is 0 Å². The van der Waals surface area contributed by atoms with E-state index in [0.29, 0.717) is 12.4 Å². The maximum atomic E-state index is 12.3. The van der Waals surface area contributed by atoms with Crippen LogP contribution in [-0.4, -0.2) is 22.8 Å². The summed E-state index contributed by atoms with van der Waals surface area (Å²) in [5, 5.41) is 4.15. The molecular weight excluding hydrogens is 344 g/mol. The predicted octanol–water partition coefficient (Wildman–Crippen LogP) is 5.18. The van der Waals surface area contributed by atoms with Crippen LogP contribution >= 0.6 is 11.8 Å². The molecule has 0 bridgehead atoms. The van der Waals surface area contributed by atoms with E-state index in [-0.39, 0.29) is 5.91 Å². The molecule has 0 spiro atoms. The standard InChI is InChI=1S/C21H24N2O2S/c1-3-13-23-14-20(18-7-5-6-8-19(18)23)26-15-21(24)22-16-9-11-17(12-10-16)25-4-2/h5-12,14H,3-4,13,15H2,1-2H3,(H,22,24). The number of carbonyl (C=O) groups is 1. The number of fused-ring (bicyclic) bond motifs is 1. The number of anilines is 1. The van der Waals surface area contributed by atoms with E-state index in [9.17, 15) is 4.79 Å². The highest BCUT2D eigenvalue weighted by atomic mass is 32.2. The monoisotopic (exact) mass is 368 g/mol. The van der Waals surface area contributed by atoms with Crippen LogP contribution in [0.15, 0.2) is 59.6 Å². The summed E-state index contributed by atoms with van der Waals surface area (Å²) in [7, 11) is 0. The van der Waals surface area contributed by atoms with E-state index in [0.717, 1.165) is 29.3 Å². The first kappa shape index (κ1) is 18.4. The molecular formula is C21H24N2O2S. The van der Waals surface area contributed by atoms with Crippen LogP contribution in [0.3, 0.4) is 0 Å². The Morgan fingerprint density at radius 1 is 1.12 bits per heavy atom. The van der Waals surface area contributed by atoms with Gasteiger partial charge in [-0.2, -0.15) is 0 Å². The minimum Gasteiger partial charge on any atom is -0.494 e. The number of ether oxygens (including phenoxy) is 1. The largest absolute Gasteiger partial charge is 0.494 e. The van der Waals surface area contributed by atoms with E-state index in [2.05, 4.69) is 41.2 Å². The zero-order valence-corrected chi connectivity index (χ0v) is 16.0. The molecule has 0 unspecified atom stereocenters. The molecule has 26 heavy (non-hydrogen) atoms. The van der Waals surface area contributed by atoms with Crippen LogP contribution in [0.1, 0.15) is 20.3 Å². The first-order chi connectivity index (χ1) is 12.7. The van der Waals surface area contributed by atoms with Crippen molar-refractivity contribution in [2.45, 2.75) is 31.7 Å². The molecule has 1 amide bonds. The highest BCUT2D eigenvalue weighted by molar-refractivity contribution is 8.00. The molecule has 1 N–H and O–H groups in total. The zero-order valence-electron chi connectivity index (χ0n) is 15.2. The average Bonchev–Trinajstić information content (AvgIpc) is 3.00. The molecule has 0 aliphatic rings. The number of benzene rings is 2. The molecule has 4 nitrogen and oxygen atoms in total. The third-order valence-electron chi connectivity index (χ3n) is 4.02. The number of aryl methyl sites for hydroxylation is 1. The van der Waals surface area contributed by atoms with Gasteiger partial charge < -0.3 is 14.6 Å². The number of nitrogens with one attached hydrogen (secondary N) is 1. The van der Waals surface area contributed by atoms with E-state index >= 15 is 0 Å². The van der Waals surface area contributed by atoms with Crippen LogP contribution in [0.4, 0.5) is 5.69 Å². The molecule has 0 fully saturated rings. The minimum atomic E-state index is -0.00789. The average molecular weight is 369 g/mol. The summed E-state index contributed by atoms with van der Waals surface area (Å²) < 4.78 is 7.68. The summed E-state index contributed by atoms with van der Waals surface area (Å²) >= 11 is 1.58. The van der Waals surface area contributed by atoms with E-state index in [1.54, 1.807) is 11.8 Å². The molecule has 2 aromatic carbocycles. The van der Waals surface area contributed by atoms with Crippen molar-refractivity contribution in [1.82, 2.24) is 4.57 Å². The Labute approximate surface area is 158 Å². The van der Waals surface area contributed by atoms with Crippen molar-refractivity contribution in [1.29, 1.82) is 0 Å². The Bertz CT molecular complexity index is 871. The lowest BCUT2D eigenvalue weighted by molar-refractivity contribution is -0.113. The lowest BCUT2D eigenvalue weighted by atomic mass is 10.2. The third kappa shape index (κ3) is 4.41. The fourth-order valence-electron chi connectivity index (χ4n) is 2.90. The number of carbonyl (C=O) groups excluding carboxylic acids is 1. The van der Waals surface area contributed by atoms with Gasteiger partial charge in [0.15, 0.2) is 0 Å². The van der Waals surface area contributed by atoms with Crippen molar-refractivity contribution in [2.75, 3.05) is 17.7 Å². The molecule has 0 radical (unpaired) electrons. The maximum absolute atomic E-state index is 12.3. The number of nitrogens with zero attached hydrogens (tertiary/aromatic N) is 1. The smallest absolute Gasteiger partial charge is 0.234 e. The number of thioether (sulfide) groups is 1. The van der Waals surface area contributed by atoms with Crippen molar-refractivity contribution in [3.63, 3.8) is 0 Å². The topological polar surface area (TPSA) is 43.3 Å². The third-order valence-corrected chi connectivity index (χ3v) is 5.07. The number of hydrogen-bond acceptors (Lipinski definition) is 3. The van der Waals surface area contributed by atoms with Crippen LogP contribution in [-0.2, 0) is 11.3 Å². The van der Waals surface area contributed by atoms with Gasteiger partial charge in [0.2, 0.25) is 5.91 Å². The van der Waals surface area contributed by atoms with Gasteiger partial charge in [-0.15, -0.1) is 11.8 Å². The van der Waals surface area contributed by atoms with Gasteiger partial charge in [0, 0.05) is 34.2 Å². The quantitative estimate of drug-likeness (QED) is 0.557. The predicted molar refractivity (Wildman–Crippen MR) is 109 cm³/mol. The van der Waals surface area contributed by atoms with E-state index in [1.165, 1.54) is 10.9 Å². The number of aromatic nitrogens is 1. The van der Waals surface area contributed by atoms with Crippen molar-refractivity contribution in [3.8, 4) is 5.75 Å². The second kappa shape index (κ2) is 8.81. The summed E-state index contributed by atoms with van der Waals surface area (Å²) in [6.07, 6.45) is 3.24. The lowest BCUT2D eigenvalue weighted by Gasteiger charge is -2.07. The zero-order chi connectivity index (χ0) is 18.4. The molecule has 1 aromatic heterocycles. The summed E-state index contributed by atoms with van der Waals surface area (Å²) in [6.45, 7) is 5.74. The summed E-state index contributed by atoms with van der Waals surface area (Å²) in [6, 6.07) is 15.8. The van der Waals surface area contributed by atoms with Gasteiger partial charge in [0.1, 0.15) is 5.75 Å². The first-order valence-electron chi connectivity index (χ1n) is 8.94. The van der Waals surface area contributed by atoms with Crippen LogP contribution in [0.5, 0.6) is 5.75 Å². The van der Waals surface area contributed by atoms with Gasteiger partial charge in [-0.1, -0.05) is 25.1 Å². The molecule has 136 valence electrons. The Morgan fingerprint density at radius 2 is 1.88 bits per heavy atom. The number of amides is 1. The Balaban J connectivity index is 1.63. The first-order valence-corrected chi connectivity index (χ1v) is 9.93. The molecule has 0 aliphatic heterocycles. The van der Waals surface area contributed by atoms with Gasteiger partial charge in [-0.3, -0.25) is 4.79 Å². The van der Waals surface area contributed by atoms with E-state index < -0.39 is 0 Å². The van der Waals surface area contributed by atoms with Crippen LogP contribution in [0.2, 0.25) is 0 Å². The van der Waals surface area contributed by atoms with Crippen molar-refractivity contribution < 1.29 is 9.53 Å². The summed E-state index contributed by atoms with van der Waals surface area (Å²) in [5.74, 6) is 1.18. The molecule has 0 aliphatic carbocycles. The van der Waals surface area contributed by atoms with Crippen molar-refractivity contribution in [2.24, 2.45) is 0 Å². The highest BCUT2D eigenvalue weighted by Crippen LogP contribution is 2.30. The molecule has 3 rings (SSSR count). The Hall–Kier alpha value is -2.40. The van der Waals surface area contributed by atoms with Crippen LogP contribution < -0.4 is 10.1 Å². The van der Waals surface area contributed by atoms with Crippen LogP contribution in [0.25, 0.3) is 10.9 Å². The molecule has 0 atom stereocenters. The summed E-state index contributed by atoms with van der Waals surface area (Å²) in [4.78, 5) is 13.4.